The van der Waals surface area contributed by atoms with Crippen LogP contribution in [0.1, 0.15) is 44.7 Å². The number of benzene rings is 3. The number of hydrogen-bond donors (Lipinski definition) is 3. The number of rotatable bonds is 5. The topological polar surface area (TPSA) is 85.3 Å². The van der Waals surface area contributed by atoms with Gasteiger partial charge in [-0.05, 0) is 56.2 Å². The molecule has 1 aliphatic heterocycles. The third-order valence-electron chi connectivity index (χ3n) is 5.57. The van der Waals surface area contributed by atoms with Crippen molar-refractivity contribution in [3.8, 4) is 0 Å². The van der Waals surface area contributed by atoms with Gasteiger partial charge in [-0.1, -0.05) is 42.0 Å². The minimum atomic E-state index is -0.306. The van der Waals surface area contributed by atoms with Gasteiger partial charge in [0.25, 0.3) is 11.8 Å². The summed E-state index contributed by atoms with van der Waals surface area (Å²) in [7, 11) is 0. The fourth-order valence-corrected chi connectivity index (χ4v) is 3.72. The Bertz CT molecular complexity index is 1130. The first-order valence-corrected chi connectivity index (χ1v) is 10.7. The van der Waals surface area contributed by atoms with Crippen molar-refractivity contribution in [2.24, 2.45) is 0 Å². The maximum Gasteiger partial charge on any atom is 0.257 e. The fourth-order valence-electron chi connectivity index (χ4n) is 3.72. The molecular weight excluding hydrogens is 400 g/mol. The second-order valence-corrected chi connectivity index (χ2v) is 7.94. The lowest BCUT2D eigenvalue weighted by Gasteiger charge is -2.18. The molecule has 4 rings (SSSR count). The molecule has 2 amide bonds. The van der Waals surface area contributed by atoms with Crippen molar-refractivity contribution < 1.29 is 9.59 Å². The van der Waals surface area contributed by atoms with Gasteiger partial charge in [-0.15, -0.1) is 0 Å². The van der Waals surface area contributed by atoms with Crippen LogP contribution in [0.25, 0.3) is 0 Å². The second kappa shape index (κ2) is 9.47. The number of amides is 2. The molecule has 6 heteroatoms. The monoisotopic (exact) mass is 426 g/mol. The Morgan fingerprint density at radius 2 is 1.41 bits per heavy atom. The predicted octanol–water partition coefficient (Wildman–Crippen LogP) is 4.92. The normalized spacial score (nSPS) is 13.0. The van der Waals surface area contributed by atoms with E-state index in [9.17, 15) is 9.59 Å². The minimum absolute atomic E-state index is 0.292. The lowest BCUT2D eigenvalue weighted by atomic mass is 10.1. The third kappa shape index (κ3) is 4.86. The summed E-state index contributed by atoms with van der Waals surface area (Å²) >= 11 is 0. The van der Waals surface area contributed by atoms with Crippen molar-refractivity contribution in [2.45, 2.75) is 19.8 Å². The largest absolute Gasteiger partial charge is 0.357 e. The van der Waals surface area contributed by atoms with Gasteiger partial charge in [0.05, 0.1) is 11.3 Å². The average Bonchev–Trinajstić information content (AvgIpc) is 3.35. The third-order valence-corrected chi connectivity index (χ3v) is 5.57. The Hall–Kier alpha value is -3.93. The summed E-state index contributed by atoms with van der Waals surface area (Å²) in [5.41, 5.74) is 3.89. The molecule has 0 saturated carbocycles. The van der Waals surface area contributed by atoms with E-state index in [1.54, 1.807) is 48.5 Å². The number of carbonyl (C=O) groups is 2. The lowest BCUT2D eigenvalue weighted by molar-refractivity contribution is 0.102. The van der Waals surface area contributed by atoms with E-state index in [1.165, 1.54) is 0 Å². The molecule has 3 aromatic carbocycles. The summed E-state index contributed by atoms with van der Waals surface area (Å²) in [4.78, 5) is 27.7. The highest BCUT2D eigenvalue weighted by molar-refractivity contribution is 6.12. The van der Waals surface area contributed by atoms with Crippen molar-refractivity contribution in [1.29, 1.82) is 5.41 Å². The van der Waals surface area contributed by atoms with Crippen LogP contribution in [-0.4, -0.2) is 35.6 Å². The van der Waals surface area contributed by atoms with E-state index in [0.29, 0.717) is 28.3 Å². The molecule has 1 aliphatic rings. The van der Waals surface area contributed by atoms with Gasteiger partial charge in [0.2, 0.25) is 0 Å². The smallest absolute Gasteiger partial charge is 0.257 e. The van der Waals surface area contributed by atoms with Crippen molar-refractivity contribution in [3.05, 3.63) is 95.1 Å². The Labute approximate surface area is 187 Å². The van der Waals surface area contributed by atoms with E-state index in [0.717, 1.165) is 37.1 Å². The van der Waals surface area contributed by atoms with Gasteiger partial charge in [0.1, 0.15) is 5.84 Å². The molecule has 0 aliphatic carbocycles. The predicted molar refractivity (Wildman–Crippen MR) is 128 cm³/mol. The van der Waals surface area contributed by atoms with Crippen LogP contribution in [0.4, 0.5) is 11.4 Å². The molecule has 0 radical (unpaired) electrons. The molecule has 1 saturated heterocycles. The molecule has 0 atom stereocenters. The van der Waals surface area contributed by atoms with E-state index >= 15 is 0 Å². The molecule has 32 heavy (non-hydrogen) atoms. The highest BCUT2D eigenvalue weighted by atomic mass is 16.2. The Balaban J connectivity index is 1.46. The van der Waals surface area contributed by atoms with Gasteiger partial charge in [-0.25, -0.2) is 0 Å². The molecule has 1 heterocycles. The maximum atomic E-state index is 12.8. The van der Waals surface area contributed by atoms with E-state index < -0.39 is 0 Å². The molecule has 162 valence electrons. The summed E-state index contributed by atoms with van der Waals surface area (Å²) in [6.07, 6.45) is 2.22. The van der Waals surface area contributed by atoms with Gasteiger partial charge in [-0.2, -0.15) is 0 Å². The highest BCUT2D eigenvalue weighted by Gasteiger charge is 2.18. The van der Waals surface area contributed by atoms with Crippen molar-refractivity contribution in [3.63, 3.8) is 0 Å². The Morgan fingerprint density at radius 3 is 2.09 bits per heavy atom. The van der Waals surface area contributed by atoms with Crippen LogP contribution >= 0.6 is 0 Å². The number of nitrogens with zero attached hydrogens (tertiary/aromatic N) is 1. The Morgan fingerprint density at radius 1 is 0.781 bits per heavy atom. The van der Waals surface area contributed by atoms with E-state index in [4.69, 9.17) is 5.41 Å². The summed E-state index contributed by atoms with van der Waals surface area (Å²) in [5.74, 6) is -0.105. The lowest BCUT2D eigenvalue weighted by Crippen LogP contribution is -2.27. The molecule has 1 fully saturated rings. The van der Waals surface area contributed by atoms with Crippen LogP contribution in [0.5, 0.6) is 0 Å². The number of amidine groups is 1. The average molecular weight is 427 g/mol. The van der Waals surface area contributed by atoms with Crippen LogP contribution in [0.2, 0.25) is 0 Å². The SMILES string of the molecule is Cc1ccc(NC(=O)c2ccccc2NC(=O)c2ccc(C(=N)N3CCCC3)cc2)cc1. The van der Waals surface area contributed by atoms with Gasteiger partial charge in [0.15, 0.2) is 0 Å². The van der Waals surface area contributed by atoms with Gasteiger partial charge < -0.3 is 15.5 Å². The second-order valence-electron chi connectivity index (χ2n) is 7.94. The van der Waals surface area contributed by atoms with Gasteiger partial charge in [-0.3, -0.25) is 15.0 Å². The number of carbonyl (C=O) groups excluding carboxylic acids is 2. The number of para-hydroxylation sites is 1. The molecule has 3 aromatic rings. The quantitative estimate of drug-likeness (QED) is 0.400. The van der Waals surface area contributed by atoms with Crippen molar-refractivity contribution in [1.82, 2.24) is 4.90 Å². The first kappa shape index (κ1) is 21.3. The zero-order chi connectivity index (χ0) is 22.5. The number of likely N-dealkylation sites (tertiary alicyclic amines) is 1. The van der Waals surface area contributed by atoms with Crippen molar-refractivity contribution >= 4 is 29.0 Å². The van der Waals surface area contributed by atoms with E-state index in [1.807, 2.05) is 31.2 Å². The molecule has 0 bridgehead atoms. The van der Waals surface area contributed by atoms with Crippen LogP contribution in [0.3, 0.4) is 0 Å². The molecule has 0 spiro atoms. The van der Waals surface area contributed by atoms with Crippen LogP contribution < -0.4 is 10.6 Å². The van der Waals surface area contributed by atoms with Crippen molar-refractivity contribution in [2.75, 3.05) is 23.7 Å². The molecule has 0 unspecified atom stereocenters. The van der Waals surface area contributed by atoms with Gasteiger partial charge in [0, 0.05) is 29.9 Å². The van der Waals surface area contributed by atoms with E-state index in [2.05, 4.69) is 15.5 Å². The number of anilines is 2. The number of hydrogen-bond acceptors (Lipinski definition) is 3. The van der Waals surface area contributed by atoms with Crippen LogP contribution in [-0.2, 0) is 0 Å². The highest BCUT2D eigenvalue weighted by Crippen LogP contribution is 2.20. The molecule has 6 nitrogen and oxygen atoms in total. The summed E-state index contributed by atoms with van der Waals surface area (Å²) in [5, 5.41) is 14.1. The van der Waals surface area contributed by atoms with E-state index in [-0.39, 0.29) is 11.8 Å². The minimum Gasteiger partial charge on any atom is -0.357 e. The number of nitrogens with one attached hydrogen (secondary N) is 3. The Kier molecular flexibility index (Phi) is 6.31. The first-order valence-electron chi connectivity index (χ1n) is 10.7. The van der Waals surface area contributed by atoms with Gasteiger partial charge >= 0.3 is 0 Å². The molecule has 3 N–H and O–H groups in total. The van der Waals surface area contributed by atoms with Crippen LogP contribution in [0, 0.1) is 12.3 Å². The summed E-state index contributed by atoms with van der Waals surface area (Å²) in [6.45, 7) is 3.79. The first-order chi connectivity index (χ1) is 15.5. The zero-order valence-electron chi connectivity index (χ0n) is 18.0. The standard InChI is InChI=1S/C26H26N4O2/c1-18-8-14-21(15-9-18)28-26(32)22-6-2-3-7-23(22)29-25(31)20-12-10-19(11-13-20)24(27)30-16-4-5-17-30/h2-3,6-15,27H,4-5,16-17H2,1H3,(H,28,32)(H,29,31). The summed E-state index contributed by atoms with van der Waals surface area (Å²) < 4.78 is 0. The fraction of sp³-hybridized carbons (Fsp3) is 0.192. The zero-order valence-corrected chi connectivity index (χ0v) is 18.0. The molecular formula is C26H26N4O2. The summed E-state index contributed by atoms with van der Waals surface area (Å²) in [6, 6.07) is 21.5. The molecule has 0 aromatic heterocycles. The maximum absolute atomic E-state index is 12.8. The number of aryl methyl sites for hydroxylation is 1. The van der Waals surface area contributed by atoms with Crippen LogP contribution in [0.15, 0.2) is 72.8 Å².